The number of pyridine rings is 1. The third-order valence-electron chi connectivity index (χ3n) is 3.45. The van der Waals surface area contributed by atoms with Crippen molar-refractivity contribution < 1.29 is 5.11 Å². The number of nitrogens with zero attached hydrogens (tertiary/aromatic N) is 1. The molecule has 1 heterocycles. The van der Waals surface area contributed by atoms with Crippen LogP contribution in [0.2, 0.25) is 0 Å². The average molecular weight is 205 g/mol. The van der Waals surface area contributed by atoms with E-state index in [-0.39, 0.29) is 6.10 Å². The minimum Gasteiger partial charge on any atom is -0.388 e. The number of rotatable bonds is 3. The first kappa shape index (κ1) is 10.6. The van der Waals surface area contributed by atoms with Gasteiger partial charge in [-0.2, -0.15) is 0 Å². The summed E-state index contributed by atoms with van der Waals surface area (Å²) in [6.07, 6.45) is 9.48. The van der Waals surface area contributed by atoms with E-state index in [1.165, 1.54) is 25.7 Å². The fourth-order valence-corrected chi connectivity index (χ4v) is 2.55. The van der Waals surface area contributed by atoms with Gasteiger partial charge in [0.25, 0.3) is 0 Å². The minimum absolute atomic E-state index is 0.295. The minimum atomic E-state index is -0.295. The summed E-state index contributed by atoms with van der Waals surface area (Å²) in [5.41, 5.74) is 2.15. The molecule has 0 aliphatic heterocycles. The first-order valence-electron chi connectivity index (χ1n) is 5.86. The van der Waals surface area contributed by atoms with Crippen LogP contribution in [0.25, 0.3) is 0 Å². The van der Waals surface area contributed by atoms with Gasteiger partial charge < -0.3 is 5.11 Å². The van der Waals surface area contributed by atoms with E-state index >= 15 is 0 Å². The molecule has 0 bridgehead atoms. The molecule has 1 saturated carbocycles. The Kier molecular flexibility index (Phi) is 3.37. The van der Waals surface area contributed by atoms with E-state index in [0.29, 0.717) is 0 Å². The average Bonchev–Trinajstić information content (AvgIpc) is 2.71. The van der Waals surface area contributed by atoms with E-state index in [2.05, 4.69) is 4.98 Å². The number of aromatic nitrogens is 1. The molecule has 1 N–H and O–H groups in total. The highest BCUT2D eigenvalue weighted by atomic mass is 16.3. The number of aryl methyl sites for hydroxylation is 1. The zero-order chi connectivity index (χ0) is 10.7. The van der Waals surface area contributed by atoms with E-state index < -0.39 is 0 Å². The summed E-state index contributed by atoms with van der Waals surface area (Å²) in [5.74, 6) is 0.729. The highest BCUT2D eigenvalue weighted by Gasteiger charge is 2.20. The second kappa shape index (κ2) is 4.75. The van der Waals surface area contributed by atoms with Gasteiger partial charge in [0.2, 0.25) is 0 Å². The first-order valence-corrected chi connectivity index (χ1v) is 5.86. The molecule has 0 radical (unpaired) electrons. The predicted molar refractivity (Wildman–Crippen MR) is 60.5 cm³/mol. The van der Waals surface area contributed by atoms with Crippen LogP contribution in [0.3, 0.4) is 0 Å². The zero-order valence-corrected chi connectivity index (χ0v) is 9.32. The van der Waals surface area contributed by atoms with Crippen LogP contribution in [-0.2, 0) is 0 Å². The van der Waals surface area contributed by atoms with Crippen LogP contribution in [0.1, 0.15) is 49.3 Å². The van der Waals surface area contributed by atoms with Crippen LogP contribution in [0.15, 0.2) is 18.5 Å². The van der Waals surface area contributed by atoms with Crippen molar-refractivity contribution in [1.29, 1.82) is 0 Å². The lowest BCUT2D eigenvalue weighted by Gasteiger charge is -2.17. The van der Waals surface area contributed by atoms with Crippen LogP contribution in [0.5, 0.6) is 0 Å². The summed E-state index contributed by atoms with van der Waals surface area (Å²) >= 11 is 0. The molecule has 15 heavy (non-hydrogen) atoms. The molecule has 2 nitrogen and oxygen atoms in total. The van der Waals surface area contributed by atoms with Gasteiger partial charge in [-0.05, 0) is 36.5 Å². The zero-order valence-electron chi connectivity index (χ0n) is 9.32. The van der Waals surface area contributed by atoms with Gasteiger partial charge in [0.15, 0.2) is 0 Å². The smallest absolute Gasteiger partial charge is 0.0796 e. The summed E-state index contributed by atoms with van der Waals surface area (Å²) in [5, 5.41) is 10.1. The molecule has 0 amide bonds. The molecule has 2 rings (SSSR count). The largest absolute Gasteiger partial charge is 0.388 e. The summed E-state index contributed by atoms with van der Waals surface area (Å²) in [6.45, 7) is 2.01. The molecular formula is C13H19NO. The normalized spacial score (nSPS) is 19.3. The van der Waals surface area contributed by atoms with Gasteiger partial charge in [0.05, 0.1) is 6.10 Å². The molecule has 0 aromatic carbocycles. The van der Waals surface area contributed by atoms with Gasteiger partial charge in [-0.3, -0.25) is 4.98 Å². The van der Waals surface area contributed by atoms with Crippen LogP contribution < -0.4 is 0 Å². The van der Waals surface area contributed by atoms with E-state index in [1.807, 2.05) is 19.2 Å². The Balaban J connectivity index is 2.00. The van der Waals surface area contributed by atoms with Gasteiger partial charge in [-0.15, -0.1) is 0 Å². The lowest BCUT2D eigenvalue weighted by molar-refractivity contribution is 0.144. The van der Waals surface area contributed by atoms with E-state index in [9.17, 15) is 5.11 Å². The quantitative estimate of drug-likeness (QED) is 0.822. The molecule has 0 spiro atoms. The molecule has 0 saturated heterocycles. The van der Waals surface area contributed by atoms with Crippen LogP contribution in [0.4, 0.5) is 0 Å². The Morgan fingerprint density at radius 2 is 2.20 bits per heavy atom. The lowest BCUT2D eigenvalue weighted by atomic mass is 9.94. The SMILES string of the molecule is Cc1cnccc1C(O)CC1CCCC1. The van der Waals surface area contributed by atoms with Crippen molar-refractivity contribution in [3.05, 3.63) is 29.6 Å². The molecule has 1 fully saturated rings. The second-order valence-corrected chi connectivity index (χ2v) is 4.63. The van der Waals surface area contributed by atoms with Gasteiger partial charge in [-0.25, -0.2) is 0 Å². The first-order chi connectivity index (χ1) is 7.27. The fraction of sp³-hybridized carbons (Fsp3) is 0.615. The van der Waals surface area contributed by atoms with E-state index in [0.717, 1.165) is 23.5 Å². The topological polar surface area (TPSA) is 33.1 Å². The van der Waals surface area contributed by atoms with Gasteiger partial charge >= 0.3 is 0 Å². The van der Waals surface area contributed by atoms with Crippen molar-refractivity contribution in [3.63, 3.8) is 0 Å². The maximum atomic E-state index is 10.1. The highest BCUT2D eigenvalue weighted by Crippen LogP contribution is 2.33. The molecule has 1 aromatic heterocycles. The third-order valence-corrected chi connectivity index (χ3v) is 3.45. The fourth-order valence-electron chi connectivity index (χ4n) is 2.55. The molecule has 1 atom stereocenters. The van der Waals surface area contributed by atoms with Gasteiger partial charge in [0, 0.05) is 12.4 Å². The molecule has 1 aliphatic carbocycles. The van der Waals surface area contributed by atoms with Crippen LogP contribution in [0, 0.1) is 12.8 Å². The summed E-state index contributed by atoms with van der Waals surface area (Å²) in [6, 6.07) is 1.94. The number of aliphatic hydroxyl groups excluding tert-OH is 1. The third kappa shape index (κ3) is 2.57. The van der Waals surface area contributed by atoms with Crippen LogP contribution >= 0.6 is 0 Å². The van der Waals surface area contributed by atoms with E-state index in [4.69, 9.17) is 0 Å². The molecule has 1 aliphatic rings. The van der Waals surface area contributed by atoms with E-state index in [1.54, 1.807) is 6.20 Å². The van der Waals surface area contributed by atoms with Crippen molar-refractivity contribution in [2.75, 3.05) is 0 Å². The Hall–Kier alpha value is -0.890. The number of hydrogen-bond donors (Lipinski definition) is 1. The molecule has 1 unspecified atom stereocenters. The van der Waals surface area contributed by atoms with Crippen molar-refractivity contribution in [3.8, 4) is 0 Å². The van der Waals surface area contributed by atoms with Crippen molar-refractivity contribution in [1.82, 2.24) is 4.98 Å². The lowest BCUT2D eigenvalue weighted by Crippen LogP contribution is -2.06. The maximum Gasteiger partial charge on any atom is 0.0796 e. The Morgan fingerprint density at radius 3 is 2.87 bits per heavy atom. The molecule has 1 aromatic rings. The van der Waals surface area contributed by atoms with Crippen LogP contribution in [-0.4, -0.2) is 10.1 Å². The molecular weight excluding hydrogens is 186 g/mol. The molecule has 82 valence electrons. The van der Waals surface area contributed by atoms with Crippen molar-refractivity contribution in [2.24, 2.45) is 5.92 Å². The summed E-state index contributed by atoms with van der Waals surface area (Å²) in [4.78, 5) is 4.05. The van der Waals surface area contributed by atoms with Crippen molar-refractivity contribution >= 4 is 0 Å². The van der Waals surface area contributed by atoms with Gasteiger partial charge in [0.1, 0.15) is 0 Å². The monoisotopic (exact) mass is 205 g/mol. The second-order valence-electron chi connectivity index (χ2n) is 4.63. The Bertz CT molecular complexity index is 318. The standard InChI is InChI=1S/C13H19NO/c1-10-9-14-7-6-12(10)13(15)8-11-4-2-3-5-11/h6-7,9,11,13,15H,2-5,8H2,1H3. The summed E-state index contributed by atoms with van der Waals surface area (Å²) < 4.78 is 0. The number of aliphatic hydroxyl groups is 1. The molecule has 2 heteroatoms. The predicted octanol–water partition coefficient (Wildman–Crippen LogP) is 3.00. The maximum absolute atomic E-state index is 10.1. The van der Waals surface area contributed by atoms with Crippen molar-refractivity contribution in [2.45, 2.75) is 45.1 Å². The highest BCUT2D eigenvalue weighted by molar-refractivity contribution is 5.23. The summed E-state index contributed by atoms with van der Waals surface area (Å²) in [7, 11) is 0. The Morgan fingerprint density at radius 1 is 1.47 bits per heavy atom. The van der Waals surface area contributed by atoms with Gasteiger partial charge in [-0.1, -0.05) is 25.7 Å². The number of hydrogen-bond acceptors (Lipinski definition) is 2. The Labute approximate surface area is 91.4 Å².